The molecule has 2 heterocycles. The van der Waals surface area contributed by atoms with E-state index in [1.807, 2.05) is 0 Å². The Labute approximate surface area is 62.6 Å². The summed E-state index contributed by atoms with van der Waals surface area (Å²) < 4.78 is 0. The number of nitrogens with two attached hydrogens (primary N) is 1. The van der Waals surface area contributed by atoms with Gasteiger partial charge in [-0.3, -0.25) is 15.1 Å². The second-order valence-corrected chi connectivity index (χ2v) is 2.34. The normalized spacial score (nSPS) is 33.8. The summed E-state index contributed by atoms with van der Waals surface area (Å²) >= 11 is 0. The Kier molecular flexibility index (Phi) is 1.09. The summed E-state index contributed by atoms with van der Waals surface area (Å²) in [5, 5.41) is 5.19. The van der Waals surface area contributed by atoms with E-state index in [9.17, 15) is 4.79 Å². The molecule has 0 fully saturated rings. The molecule has 0 aromatic rings. The lowest BCUT2D eigenvalue weighted by atomic mass is 10.2. The minimum Gasteiger partial charge on any atom is -0.370 e. The number of hydrogen-bond acceptors (Lipinski definition) is 5. The van der Waals surface area contributed by atoms with Gasteiger partial charge in [-0.25, -0.2) is 4.99 Å². The average Bonchev–Trinajstić information content (AvgIpc) is 2.34. The number of fused-ring (bicyclic) bond motifs is 1. The summed E-state index contributed by atoms with van der Waals surface area (Å²) in [6, 6.07) is -0.442. The molecule has 11 heavy (non-hydrogen) atoms. The number of aliphatic imine (C=N–C) groups is 2. The molecule has 58 valence electrons. The highest BCUT2D eigenvalue weighted by molar-refractivity contribution is 6.02. The highest BCUT2D eigenvalue weighted by atomic mass is 16.2. The molecule has 0 bridgehead atoms. The summed E-state index contributed by atoms with van der Waals surface area (Å²) in [4.78, 5) is 18.8. The summed E-state index contributed by atoms with van der Waals surface area (Å²) in [5.41, 5.74) is 5.30. The lowest BCUT2D eigenvalue weighted by Crippen LogP contribution is -2.52. The van der Waals surface area contributed by atoms with E-state index in [1.165, 1.54) is 6.34 Å². The van der Waals surface area contributed by atoms with Gasteiger partial charge in [0.05, 0.1) is 6.34 Å². The van der Waals surface area contributed by atoms with Gasteiger partial charge < -0.3 is 11.1 Å². The average molecular weight is 153 g/mol. The zero-order valence-electron chi connectivity index (χ0n) is 5.61. The molecule has 2 aliphatic heterocycles. The molecule has 6 heteroatoms. The highest BCUT2D eigenvalue weighted by Gasteiger charge is 2.34. The Morgan fingerprint density at radius 3 is 3.27 bits per heavy atom. The molecule has 2 unspecified atom stereocenters. The molecule has 1 amide bonds. The van der Waals surface area contributed by atoms with Crippen LogP contribution in [-0.2, 0) is 4.79 Å². The maximum absolute atomic E-state index is 11.1. The minimum absolute atomic E-state index is 0.147. The number of carbonyl (C=O) groups is 1. The summed E-state index contributed by atoms with van der Waals surface area (Å²) in [5.74, 6) is -0.0574. The largest absolute Gasteiger partial charge is 0.370 e. The Morgan fingerprint density at radius 1 is 1.64 bits per heavy atom. The first-order valence-corrected chi connectivity index (χ1v) is 3.19. The number of hydrogen-bond donors (Lipinski definition) is 3. The van der Waals surface area contributed by atoms with Crippen LogP contribution in [-0.4, -0.2) is 30.4 Å². The number of rotatable bonds is 0. The van der Waals surface area contributed by atoms with Gasteiger partial charge in [-0.2, -0.15) is 0 Å². The smallest absolute Gasteiger partial charge is 0.255 e. The molecular weight excluding hydrogens is 146 g/mol. The zero-order chi connectivity index (χ0) is 7.84. The quantitative estimate of drug-likeness (QED) is 0.367. The van der Waals surface area contributed by atoms with Crippen LogP contribution >= 0.6 is 0 Å². The molecule has 0 aromatic heterocycles. The van der Waals surface area contributed by atoms with Crippen molar-refractivity contribution in [2.24, 2.45) is 15.7 Å². The number of nitrogens with one attached hydrogen (secondary N) is 2. The van der Waals surface area contributed by atoms with Crippen LogP contribution in [0.15, 0.2) is 9.98 Å². The second kappa shape index (κ2) is 1.94. The van der Waals surface area contributed by atoms with Crippen LogP contribution in [0.1, 0.15) is 0 Å². The van der Waals surface area contributed by atoms with Crippen molar-refractivity contribution in [3.63, 3.8) is 0 Å². The summed E-state index contributed by atoms with van der Waals surface area (Å²) in [6.45, 7) is 0. The fourth-order valence-electron chi connectivity index (χ4n) is 1.07. The van der Waals surface area contributed by atoms with E-state index in [4.69, 9.17) is 5.73 Å². The monoisotopic (exact) mass is 153 g/mol. The van der Waals surface area contributed by atoms with Crippen molar-refractivity contribution in [3.8, 4) is 0 Å². The van der Waals surface area contributed by atoms with Gasteiger partial charge in [-0.1, -0.05) is 0 Å². The molecule has 4 N–H and O–H groups in total. The molecule has 0 saturated carbocycles. The van der Waals surface area contributed by atoms with Gasteiger partial charge in [0.25, 0.3) is 5.91 Å². The Hall–Kier alpha value is -1.59. The standard InChI is InChI=1S/C5H7N5O/c6-5-9-3-2(4(11)10-5)7-1-8-3/h1-3H,(H,7,8)(H3,6,9,10,11). The second-order valence-electron chi connectivity index (χ2n) is 2.34. The number of amides is 1. The fraction of sp³-hybridized carbons (Fsp3) is 0.400. The fourth-order valence-corrected chi connectivity index (χ4v) is 1.07. The van der Waals surface area contributed by atoms with E-state index in [2.05, 4.69) is 20.6 Å². The molecule has 2 aliphatic rings. The van der Waals surface area contributed by atoms with E-state index in [-0.39, 0.29) is 18.0 Å². The van der Waals surface area contributed by atoms with Crippen molar-refractivity contribution in [1.82, 2.24) is 10.6 Å². The molecule has 2 rings (SSSR count). The molecule has 0 saturated heterocycles. The topological polar surface area (TPSA) is 91.9 Å². The molecule has 0 aliphatic carbocycles. The third-order valence-corrected chi connectivity index (χ3v) is 1.58. The predicted octanol–water partition coefficient (Wildman–Crippen LogP) is -2.24. The molecule has 0 spiro atoms. The lowest BCUT2D eigenvalue weighted by molar-refractivity contribution is -0.121. The van der Waals surface area contributed by atoms with Gasteiger partial charge in [0.15, 0.2) is 18.2 Å². The zero-order valence-corrected chi connectivity index (χ0v) is 5.61. The van der Waals surface area contributed by atoms with Crippen molar-refractivity contribution in [2.75, 3.05) is 0 Å². The summed E-state index contributed by atoms with van der Waals surface area (Å²) in [7, 11) is 0. The lowest BCUT2D eigenvalue weighted by Gasteiger charge is -2.19. The maximum atomic E-state index is 11.1. The SMILES string of the molecule is NC1=NC2NC=NC2C(=O)N1. The number of carbonyl (C=O) groups excluding carboxylic acids is 1. The van der Waals surface area contributed by atoms with Crippen LogP contribution in [0.4, 0.5) is 0 Å². The molecule has 6 nitrogen and oxygen atoms in total. The van der Waals surface area contributed by atoms with Crippen molar-refractivity contribution < 1.29 is 4.79 Å². The third kappa shape index (κ3) is 0.830. The Morgan fingerprint density at radius 2 is 2.45 bits per heavy atom. The van der Waals surface area contributed by atoms with Crippen molar-refractivity contribution in [3.05, 3.63) is 0 Å². The van der Waals surface area contributed by atoms with Crippen LogP contribution in [0.3, 0.4) is 0 Å². The number of nitrogens with zero attached hydrogens (tertiary/aromatic N) is 2. The first-order valence-electron chi connectivity index (χ1n) is 3.19. The van der Waals surface area contributed by atoms with Crippen LogP contribution in [0, 0.1) is 0 Å². The van der Waals surface area contributed by atoms with E-state index in [0.29, 0.717) is 0 Å². The van der Waals surface area contributed by atoms with E-state index in [1.54, 1.807) is 0 Å². The van der Waals surface area contributed by atoms with Crippen molar-refractivity contribution in [1.29, 1.82) is 0 Å². The Balaban J connectivity index is 2.30. The molecule has 0 radical (unpaired) electrons. The maximum Gasteiger partial charge on any atom is 0.255 e. The van der Waals surface area contributed by atoms with E-state index >= 15 is 0 Å². The van der Waals surface area contributed by atoms with Gasteiger partial charge in [0.2, 0.25) is 0 Å². The van der Waals surface area contributed by atoms with Crippen LogP contribution in [0.2, 0.25) is 0 Å². The minimum atomic E-state index is -0.442. The molecular formula is C5H7N5O. The van der Waals surface area contributed by atoms with Gasteiger partial charge >= 0.3 is 0 Å². The van der Waals surface area contributed by atoms with Gasteiger partial charge in [0.1, 0.15) is 0 Å². The number of guanidine groups is 1. The third-order valence-electron chi connectivity index (χ3n) is 1.58. The predicted molar refractivity (Wildman–Crippen MR) is 39.0 cm³/mol. The first kappa shape index (κ1) is 6.14. The van der Waals surface area contributed by atoms with E-state index < -0.39 is 6.04 Å². The van der Waals surface area contributed by atoms with Crippen molar-refractivity contribution in [2.45, 2.75) is 12.2 Å². The molecule has 0 aromatic carbocycles. The van der Waals surface area contributed by atoms with E-state index in [0.717, 1.165) is 0 Å². The molecule has 2 atom stereocenters. The first-order chi connectivity index (χ1) is 5.27. The van der Waals surface area contributed by atoms with Gasteiger partial charge in [-0.15, -0.1) is 0 Å². The summed E-state index contributed by atoms with van der Waals surface area (Å²) in [6.07, 6.45) is 1.17. The van der Waals surface area contributed by atoms with Gasteiger partial charge in [-0.05, 0) is 0 Å². The van der Waals surface area contributed by atoms with Gasteiger partial charge in [0, 0.05) is 0 Å². The highest BCUT2D eigenvalue weighted by Crippen LogP contribution is 2.08. The Bertz CT molecular complexity index is 258. The van der Waals surface area contributed by atoms with Crippen LogP contribution in [0.5, 0.6) is 0 Å². The van der Waals surface area contributed by atoms with Crippen LogP contribution < -0.4 is 16.4 Å². The van der Waals surface area contributed by atoms with Crippen molar-refractivity contribution >= 4 is 18.2 Å². The van der Waals surface area contributed by atoms with Crippen LogP contribution in [0.25, 0.3) is 0 Å².